The molecule has 1 aliphatic rings. The van der Waals surface area contributed by atoms with E-state index in [1.807, 2.05) is 36.4 Å². The van der Waals surface area contributed by atoms with Crippen molar-refractivity contribution in [3.05, 3.63) is 64.6 Å². The van der Waals surface area contributed by atoms with Gasteiger partial charge in [0.1, 0.15) is 24.7 Å². The van der Waals surface area contributed by atoms with E-state index in [1.54, 1.807) is 6.08 Å². The summed E-state index contributed by atoms with van der Waals surface area (Å²) >= 11 is 0.887. The topological polar surface area (TPSA) is 64.6 Å². The summed E-state index contributed by atoms with van der Waals surface area (Å²) in [6.07, 6.45) is 1.66. The van der Waals surface area contributed by atoms with Gasteiger partial charge in [0.25, 0.3) is 11.1 Å². The molecule has 3 rings (SSSR count). The van der Waals surface area contributed by atoms with Crippen molar-refractivity contribution in [2.75, 3.05) is 13.2 Å². The summed E-state index contributed by atoms with van der Waals surface area (Å²) in [4.78, 5) is 23.4. The lowest BCUT2D eigenvalue weighted by atomic mass is 9.87. The fourth-order valence-electron chi connectivity index (χ4n) is 2.66. The highest BCUT2D eigenvalue weighted by molar-refractivity contribution is 8.18. The minimum atomic E-state index is -0.383. The number of carbonyl (C=O) groups excluding carboxylic acids is 2. The molecule has 0 unspecified atom stereocenters. The summed E-state index contributed by atoms with van der Waals surface area (Å²) < 4.78 is 11.6. The largest absolute Gasteiger partial charge is 0.490 e. The Hall–Kier alpha value is -2.73. The molecule has 1 fully saturated rings. The number of hydrogen-bond donors (Lipinski definition) is 1. The average molecular weight is 397 g/mol. The van der Waals surface area contributed by atoms with Crippen molar-refractivity contribution in [1.82, 2.24) is 5.32 Å². The number of para-hydroxylation sites is 1. The maximum Gasteiger partial charge on any atom is 0.290 e. The maximum absolute atomic E-state index is 11.7. The molecule has 6 heteroatoms. The number of thioether (sulfide) groups is 1. The molecule has 1 saturated heterocycles. The summed E-state index contributed by atoms with van der Waals surface area (Å²) in [5.41, 5.74) is 2.11. The Balaban J connectivity index is 1.56. The summed E-state index contributed by atoms with van der Waals surface area (Å²) in [6.45, 7) is 7.28. The third kappa shape index (κ3) is 5.16. The number of ether oxygens (including phenoxy) is 2. The molecule has 0 saturated carbocycles. The SMILES string of the molecule is CC(C)(C)c1ccc(OCCOc2ccccc2/C=C2/SC(=O)NC2=O)cc1. The third-order valence-corrected chi connectivity index (χ3v) is 4.99. The first kappa shape index (κ1) is 20.0. The van der Waals surface area contributed by atoms with Crippen molar-refractivity contribution in [1.29, 1.82) is 0 Å². The molecule has 0 atom stereocenters. The fraction of sp³-hybridized carbons (Fsp3) is 0.273. The van der Waals surface area contributed by atoms with E-state index >= 15 is 0 Å². The predicted molar refractivity (Wildman–Crippen MR) is 112 cm³/mol. The van der Waals surface area contributed by atoms with Crippen molar-refractivity contribution < 1.29 is 19.1 Å². The van der Waals surface area contributed by atoms with Crippen molar-refractivity contribution in [2.45, 2.75) is 26.2 Å². The van der Waals surface area contributed by atoms with Gasteiger partial charge >= 0.3 is 0 Å². The molecule has 0 aliphatic carbocycles. The summed E-state index contributed by atoms with van der Waals surface area (Å²) in [5.74, 6) is 1.05. The second-order valence-corrected chi connectivity index (χ2v) is 8.38. The monoisotopic (exact) mass is 397 g/mol. The van der Waals surface area contributed by atoms with Crippen LogP contribution in [0.25, 0.3) is 6.08 Å². The standard InChI is InChI=1S/C22H23NO4S/c1-22(2,3)16-8-10-17(11-9-16)26-12-13-27-18-7-5-4-6-15(18)14-19-20(24)23-21(25)28-19/h4-11,14H,12-13H2,1-3H3,(H,23,24,25)/b19-14+. The first-order valence-corrected chi connectivity index (χ1v) is 9.84. The molecule has 28 heavy (non-hydrogen) atoms. The summed E-state index contributed by atoms with van der Waals surface area (Å²) in [6, 6.07) is 15.4. The van der Waals surface area contributed by atoms with E-state index in [2.05, 4.69) is 38.2 Å². The molecule has 0 bridgehead atoms. The van der Waals surface area contributed by atoms with Gasteiger partial charge in [0, 0.05) is 5.56 Å². The zero-order valence-electron chi connectivity index (χ0n) is 16.2. The molecule has 0 spiro atoms. The van der Waals surface area contributed by atoms with E-state index in [9.17, 15) is 9.59 Å². The molecule has 1 heterocycles. The van der Waals surface area contributed by atoms with E-state index < -0.39 is 0 Å². The molecule has 0 radical (unpaired) electrons. The minimum Gasteiger partial charge on any atom is -0.490 e. The molecule has 2 aromatic carbocycles. The molecule has 2 aromatic rings. The Labute approximate surface area is 169 Å². The third-order valence-electron chi connectivity index (χ3n) is 4.18. The molecule has 2 amide bonds. The first-order valence-electron chi connectivity index (χ1n) is 9.03. The quantitative estimate of drug-likeness (QED) is 0.562. The Morgan fingerprint density at radius 3 is 2.29 bits per heavy atom. The summed E-state index contributed by atoms with van der Waals surface area (Å²) in [5, 5.41) is 1.89. The minimum absolute atomic E-state index is 0.110. The van der Waals surface area contributed by atoms with Crippen LogP contribution in [0.15, 0.2) is 53.4 Å². The zero-order valence-corrected chi connectivity index (χ0v) is 17.0. The van der Waals surface area contributed by atoms with Gasteiger partial charge in [0.15, 0.2) is 0 Å². The lowest BCUT2D eigenvalue weighted by Crippen LogP contribution is -2.17. The highest BCUT2D eigenvalue weighted by Gasteiger charge is 2.25. The summed E-state index contributed by atoms with van der Waals surface area (Å²) in [7, 11) is 0. The van der Waals surface area contributed by atoms with Gasteiger partial charge in [-0.15, -0.1) is 0 Å². The van der Waals surface area contributed by atoms with Gasteiger partial charge in [-0.05, 0) is 47.0 Å². The van der Waals surface area contributed by atoms with Gasteiger partial charge < -0.3 is 9.47 Å². The zero-order chi connectivity index (χ0) is 20.1. The van der Waals surface area contributed by atoms with Crippen LogP contribution in [0, 0.1) is 0 Å². The van der Waals surface area contributed by atoms with Gasteiger partial charge in [-0.25, -0.2) is 0 Å². The molecular weight excluding hydrogens is 374 g/mol. The second-order valence-electron chi connectivity index (χ2n) is 7.36. The van der Waals surface area contributed by atoms with Crippen molar-refractivity contribution in [2.24, 2.45) is 0 Å². The molecule has 146 valence electrons. The average Bonchev–Trinajstić information content (AvgIpc) is 2.96. The van der Waals surface area contributed by atoms with Crippen molar-refractivity contribution >= 4 is 29.0 Å². The van der Waals surface area contributed by atoms with Crippen molar-refractivity contribution in [3.63, 3.8) is 0 Å². The predicted octanol–water partition coefficient (Wildman–Crippen LogP) is 4.77. The Morgan fingerprint density at radius 1 is 0.964 bits per heavy atom. The van der Waals surface area contributed by atoms with Crippen LogP contribution in [0.1, 0.15) is 31.9 Å². The van der Waals surface area contributed by atoms with E-state index in [0.717, 1.165) is 23.1 Å². The Morgan fingerprint density at radius 2 is 1.64 bits per heavy atom. The van der Waals surface area contributed by atoms with Crippen LogP contribution in [0.4, 0.5) is 4.79 Å². The van der Waals surface area contributed by atoms with Gasteiger partial charge in [0.05, 0.1) is 4.91 Å². The number of carbonyl (C=O) groups is 2. The van der Waals surface area contributed by atoms with E-state index in [0.29, 0.717) is 23.9 Å². The van der Waals surface area contributed by atoms with Crippen LogP contribution in [0.5, 0.6) is 11.5 Å². The maximum atomic E-state index is 11.7. The van der Waals surface area contributed by atoms with Gasteiger partial charge in [-0.2, -0.15) is 0 Å². The van der Waals surface area contributed by atoms with Gasteiger partial charge in [0.2, 0.25) is 0 Å². The van der Waals surface area contributed by atoms with Gasteiger partial charge in [-0.3, -0.25) is 14.9 Å². The highest BCUT2D eigenvalue weighted by Crippen LogP contribution is 2.29. The van der Waals surface area contributed by atoms with Crippen LogP contribution in [0.2, 0.25) is 0 Å². The van der Waals surface area contributed by atoms with Crippen LogP contribution in [-0.4, -0.2) is 24.4 Å². The van der Waals surface area contributed by atoms with Crippen LogP contribution >= 0.6 is 11.8 Å². The lowest BCUT2D eigenvalue weighted by molar-refractivity contribution is -0.115. The number of imide groups is 1. The highest BCUT2D eigenvalue weighted by atomic mass is 32.2. The van der Waals surface area contributed by atoms with E-state index in [4.69, 9.17) is 9.47 Å². The lowest BCUT2D eigenvalue weighted by Gasteiger charge is -2.19. The number of rotatable bonds is 6. The van der Waals surface area contributed by atoms with Crippen LogP contribution < -0.4 is 14.8 Å². The molecule has 5 nitrogen and oxygen atoms in total. The number of benzene rings is 2. The smallest absolute Gasteiger partial charge is 0.290 e. The first-order chi connectivity index (χ1) is 13.3. The molecule has 1 aliphatic heterocycles. The number of amides is 2. The number of nitrogens with one attached hydrogen (secondary N) is 1. The molecule has 1 N–H and O–H groups in total. The van der Waals surface area contributed by atoms with Crippen molar-refractivity contribution in [3.8, 4) is 11.5 Å². The molecular formula is C22H23NO4S. The number of hydrogen-bond acceptors (Lipinski definition) is 5. The van der Waals surface area contributed by atoms with E-state index in [-0.39, 0.29) is 16.6 Å². The normalized spacial score (nSPS) is 15.6. The van der Waals surface area contributed by atoms with Gasteiger partial charge in [-0.1, -0.05) is 51.1 Å². The second kappa shape index (κ2) is 8.52. The van der Waals surface area contributed by atoms with E-state index in [1.165, 1.54) is 5.56 Å². The van der Waals surface area contributed by atoms with Crippen LogP contribution in [0.3, 0.4) is 0 Å². The Bertz CT molecular complexity index is 897. The van der Waals surface area contributed by atoms with Crippen LogP contribution in [-0.2, 0) is 10.2 Å². The Kier molecular flexibility index (Phi) is 6.09. The fourth-order valence-corrected chi connectivity index (χ4v) is 3.33. The molecule has 0 aromatic heterocycles.